The van der Waals surface area contributed by atoms with Gasteiger partial charge in [0.25, 0.3) is 0 Å². The topological polar surface area (TPSA) is 33.6 Å². The van der Waals surface area contributed by atoms with Gasteiger partial charge in [0, 0.05) is 18.8 Å². The second kappa shape index (κ2) is 7.04. The van der Waals surface area contributed by atoms with Gasteiger partial charge in [0.05, 0.1) is 12.7 Å². The molecule has 0 aromatic heterocycles. The SMILES string of the molecule is C#C/N=C\C=C(/C)c1cccc2c1CCO[C@@H]2CNC. The lowest BCUT2D eigenvalue weighted by molar-refractivity contribution is 0.0438. The van der Waals surface area contributed by atoms with Crippen LogP contribution in [0, 0.1) is 12.5 Å². The lowest BCUT2D eigenvalue weighted by atomic mass is 9.90. The van der Waals surface area contributed by atoms with E-state index in [-0.39, 0.29) is 6.10 Å². The first-order valence-electron chi connectivity index (χ1n) is 6.81. The molecule has 104 valence electrons. The van der Waals surface area contributed by atoms with Crippen molar-refractivity contribution in [3.05, 3.63) is 41.0 Å². The van der Waals surface area contributed by atoms with Crippen LogP contribution in [-0.2, 0) is 11.2 Å². The van der Waals surface area contributed by atoms with Crippen molar-refractivity contribution in [1.29, 1.82) is 0 Å². The summed E-state index contributed by atoms with van der Waals surface area (Å²) in [5.41, 5.74) is 5.09. The third kappa shape index (κ3) is 3.16. The molecule has 1 N–H and O–H groups in total. The summed E-state index contributed by atoms with van der Waals surface area (Å²) in [5, 5.41) is 3.19. The Kier molecular flexibility index (Phi) is 5.11. The molecule has 0 amide bonds. The van der Waals surface area contributed by atoms with Gasteiger partial charge in [-0.1, -0.05) is 24.6 Å². The van der Waals surface area contributed by atoms with E-state index in [4.69, 9.17) is 11.2 Å². The number of fused-ring (bicyclic) bond motifs is 1. The van der Waals surface area contributed by atoms with Crippen molar-refractivity contribution in [1.82, 2.24) is 5.32 Å². The molecule has 1 aliphatic heterocycles. The first-order chi connectivity index (χ1) is 9.77. The molecule has 3 heteroatoms. The average molecular weight is 268 g/mol. The highest BCUT2D eigenvalue weighted by Gasteiger charge is 2.22. The van der Waals surface area contributed by atoms with E-state index in [1.54, 1.807) is 6.21 Å². The zero-order valence-corrected chi connectivity index (χ0v) is 12.0. The number of benzene rings is 1. The molecule has 0 saturated heterocycles. The highest BCUT2D eigenvalue weighted by atomic mass is 16.5. The zero-order valence-electron chi connectivity index (χ0n) is 12.0. The molecule has 0 fully saturated rings. The van der Waals surface area contributed by atoms with E-state index in [1.807, 2.05) is 13.1 Å². The first-order valence-corrected chi connectivity index (χ1v) is 6.81. The van der Waals surface area contributed by atoms with Crippen LogP contribution in [0.2, 0.25) is 0 Å². The molecule has 0 spiro atoms. The molecule has 3 nitrogen and oxygen atoms in total. The molecule has 0 unspecified atom stereocenters. The quantitative estimate of drug-likeness (QED) is 0.672. The summed E-state index contributed by atoms with van der Waals surface area (Å²) in [6.07, 6.45) is 9.82. The van der Waals surface area contributed by atoms with Crippen molar-refractivity contribution >= 4 is 11.8 Å². The summed E-state index contributed by atoms with van der Waals surface area (Å²) in [6.45, 7) is 3.68. The van der Waals surface area contributed by atoms with Crippen molar-refractivity contribution in [3.63, 3.8) is 0 Å². The van der Waals surface area contributed by atoms with Crippen LogP contribution in [0.25, 0.3) is 5.57 Å². The lowest BCUT2D eigenvalue weighted by Gasteiger charge is -2.28. The van der Waals surface area contributed by atoms with Gasteiger partial charge in [0.15, 0.2) is 0 Å². The van der Waals surface area contributed by atoms with Gasteiger partial charge in [-0.15, -0.1) is 0 Å². The molecule has 1 heterocycles. The van der Waals surface area contributed by atoms with Gasteiger partial charge < -0.3 is 10.1 Å². The molecule has 0 aliphatic carbocycles. The normalized spacial score (nSPS) is 18.9. The fraction of sp³-hybridized carbons (Fsp3) is 0.353. The van der Waals surface area contributed by atoms with Gasteiger partial charge in [0.1, 0.15) is 0 Å². The summed E-state index contributed by atoms with van der Waals surface area (Å²) < 4.78 is 5.84. The Morgan fingerprint density at radius 2 is 2.45 bits per heavy atom. The van der Waals surface area contributed by atoms with Crippen molar-refractivity contribution in [3.8, 4) is 12.5 Å². The fourth-order valence-corrected chi connectivity index (χ4v) is 2.58. The summed E-state index contributed by atoms with van der Waals surface area (Å²) in [7, 11) is 1.95. The molecule has 1 aromatic rings. The highest BCUT2D eigenvalue weighted by Crippen LogP contribution is 2.31. The highest BCUT2D eigenvalue weighted by molar-refractivity contribution is 5.85. The van der Waals surface area contributed by atoms with Gasteiger partial charge in [0.2, 0.25) is 0 Å². The summed E-state index contributed by atoms with van der Waals surface area (Å²) in [5.74, 6) is 0. The maximum Gasteiger partial charge on any atom is 0.0952 e. The predicted molar refractivity (Wildman–Crippen MR) is 83.7 cm³/mol. The first kappa shape index (κ1) is 14.5. The van der Waals surface area contributed by atoms with E-state index < -0.39 is 0 Å². The number of ether oxygens (including phenoxy) is 1. The summed E-state index contributed by atoms with van der Waals surface area (Å²) in [4.78, 5) is 3.79. The minimum absolute atomic E-state index is 0.135. The standard InChI is InChI=1S/C17H20N2O/c1-4-19-10-8-13(2)14-6-5-7-16-15(14)9-11-20-17(16)12-18-3/h1,5-8,10,17-18H,9,11-12H2,2-3H3/b13-8+,19-10-/t17-/m1/s1. The monoisotopic (exact) mass is 268 g/mol. The Bertz CT molecular complexity index is 567. The minimum atomic E-state index is 0.135. The van der Waals surface area contributed by atoms with Crippen LogP contribution < -0.4 is 5.32 Å². The van der Waals surface area contributed by atoms with Crippen molar-refractivity contribution in [2.45, 2.75) is 19.4 Å². The predicted octanol–water partition coefficient (Wildman–Crippen LogP) is 2.58. The van der Waals surface area contributed by atoms with Gasteiger partial charge >= 0.3 is 0 Å². The fourth-order valence-electron chi connectivity index (χ4n) is 2.58. The molecule has 0 bridgehead atoms. The van der Waals surface area contributed by atoms with Crippen LogP contribution in [0.15, 0.2) is 29.3 Å². The Labute approximate surface area is 120 Å². The van der Waals surface area contributed by atoms with E-state index in [9.17, 15) is 0 Å². The van der Waals surface area contributed by atoms with Crippen LogP contribution in [0.5, 0.6) is 0 Å². The Morgan fingerprint density at radius 1 is 1.60 bits per heavy atom. The number of allylic oxidation sites excluding steroid dienone is 2. The second-order valence-electron chi connectivity index (χ2n) is 4.80. The molecule has 20 heavy (non-hydrogen) atoms. The molecular formula is C17H20N2O. The van der Waals surface area contributed by atoms with E-state index >= 15 is 0 Å². The summed E-state index contributed by atoms with van der Waals surface area (Å²) in [6, 6.07) is 8.65. The van der Waals surface area contributed by atoms with Crippen molar-refractivity contribution in [2.75, 3.05) is 20.2 Å². The van der Waals surface area contributed by atoms with Crippen molar-refractivity contribution < 1.29 is 4.74 Å². The maximum atomic E-state index is 5.84. The number of nitrogens with zero attached hydrogens (tertiary/aromatic N) is 1. The number of likely N-dealkylation sites (N-methyl/N-ethyl adjacent to an activating group) is 1. The number of rotatable bonds is 4. The average Bonchev–Trinajstić information content (AvgIpc) is 2.47. The Balaban J connectivity index is 2.37. The molecule has 0 saturated carbocycles. The number of nitrogens with one attached hydrogen (secondary N) is 1. The van der Waals surface area contributed by atoms with Crippen LogP contribution >= 0.6 is 0 Å². The minimum Gasteiger partial charge on any atom is -0.372 e. The smallest absolute Gasteiger partial charge is 0.0952 e. The van der Waals surface area contributed by atoms with E-state index in [2.05, 4.69) is 41.5 Å². The molecule has 1 aliphatic rings. The number of hydrogen-bond donors (Lipinski definition) is 1. The molecule has 1 aromatic carbocycles. The second-order valence-corrected chi connectivity index (χ2v) is 4.80. The number of hydrogen-bond acceptors (Lipinski definition) is 3. The maximum absolute atomic E-state index is 5.84. The largest absolute Gasteiger partial charge is 0.372 e. The van der Waals surface area contributed by atoms with Crippen LogP contribution in [0.1, 0.15) is 29.7 Å². The van der Waals surface area contributed by atoms with Gasteiger partial charge in [-0.25, -0.2) is 4.99 Å². The summed E-state index contributed by atoms with van der Waals surface area (Å²) >= 11 is 0. The molecule has 0 radical (unpaired) electrons. The lowest BCUT2D eigenvalue weighted by Crippen LogP contribution is -2.25. The van der Waals surface area contributed by atoms with Gasteiger partial charge in [-0.05, 0) is 48.7 Å². The molecule has 2 rings (SSSR count). The number of aliphatic imine (C=N–C) groups is 1. The Morgan fingerprint density at radius 3 is 3.20 bits per heavy atom. The van der Waals surface area contributed by atoms with Crippen LogP contribution in [0.4, 0.5) is 0 Å². The van der Waals surface area contributed by atoms with E-state index in [0.29, 0.717) is 0 Å². The Hall–Kier alpha value is -1.89. The van der Waals surface area contributed by atoms with Crippen molar-refractivity contribution in [2.24, 2.45) is 4.99 Å². The third-order valence-corrected chi connectivity index (χ3v) is 3.52. The van der Waals surface area contributed by atoms with Crippen LogP contribution in [0.3, 0.4) is 0 Å². The van der Waals surface area contributed by atoms with Gasteiger partial charge in [-0.3, -0.25) is 0 Å². The third-order valence-electron chi connectivity index (χ3n) is 3.52. The molecule has 1 atom stereocenters. The van der Waals surface area contributed by atoms with Gasteiger partial charge in [-0.2, -0.15) is 0 Å². The van der Waals surface area contributed by atoms with Crippen LogP contribution in [-0.4, -0.2) is 26.4 Å². The van der Waals surface area contributed by atoms with E-state index in [1.165, 1.54) is 22.3 Å². The number of terminal acetylenes is 1. The molecular weight excluding hydrogens is 248 g/mol. The van der Waals surface area contributed by atoms with E-state index in [0.717, 1.165) is 19.6 Å². The zero-order chi connectivity index (χ0) is 14.4.